The summed E-state index contributed by atoms with van der Waals surface area (Å²) in [6, 6.07) is 4.24. The highest BCUT2D eigenvalue weighted by Gasteiger charge is 2.33. The molecule has 6 nitrogen and oxygen atoms in total. The van der Waals surface area contributed by atoms with Crippen LogP contribution in [-0.4, -0.2) is 23.5 Å². The highest BCUT2D eigenvalue weighted by Crippen LogP contribution is 2.37. The molecule has 0 saturated heterocycles. The van der Waals surface area contributed by atoms with Gasteiger partial charge >= 0.3 is 0 Å². The van der Waals surface area contributed by atoms with Crippen molar-refractivity contribution < 1.29 is 14.5 Å². The molecule has 2 rings (SSSR count). The Labute approximate surface area is 110 Å². The van der Waals surface area contributed by atoms with Crippen LogP contribution in [0.2, 0.25) is 0 Å². The first-order valence-electron chi connectivity index (χ1n) is 5.95. The number of rotatable bonds is 4. The van der Waals surface area contributed by atoms with Gasteiger partial charge in [-0.25, -0.2) is 0 Å². The summed E-state index contributed by atoms with van der Waals surface area (Å²) in [6.45, 7) is 5.75. The minimum Gasteiger partial charge on any atom is -0.478 e. The number of nitro benzene ring substituents is 1. The smallest absolute Gasteiger partial charge is 0.271 e. The summed E-state index contributed by atoms with van der Waals surface area (Å²) in [4.78, 5) is 23.9. The lowest BCUT2D eigenvalue weighted by Crippen LogP contribution is -2.45. The number of hydrogen-bond acceptors (Lipinski definition) is 4. The van der Waals surface area contributed by atoms with E-state index in [1.54, 1.807) is 6.08 Å². The van der Waals surface area contributed by atoms with E-state index in [-0.39, 0.29) is 11.6 Å². The number of amides is 1. The van der Waals surface area contributed by atoms with E-state index in [0.717, 1.165) is 0 Å². The fourth-order valence-corrected chi connectivity index (χ4v) is 2.00. The SMILES string of the molecule is C=CCN1C(=O)C(CC)Oc2ccc([N+](=O)[O-])cc21. The molecule has 1 amide bonds. The van der Waals surface area contributed by atoms with Crippen LogP contribution in [0.15, 0.2) is 30.9 Å². The second-order valence-electron chi connectivity index (χ2n) is 4.16. The van der Waals surface area contributed by atoms with Gasteiger partial charge in [0.05, 0.1) is 10.6 Å². The molecule has 1 heterocycles. The molecule has 19 heavy (non-hydrogen) atoms. The van der Waals surface area contributed by atoms with Crippen molar-refractivity contribution in [1.29, 1.82) is 0 Å². The standard InChI is InChI=1S/C13H14N2O4/c1-3-7-14-10-8-9(15(17)18)5-6-12(10)19-11(4-2)13(14)16/h3,5-6,8,11H,1,4,7H2,2H3. The summed E-state index contributed by atoms with van der Waals surface area (Å²) in [5.74, 6) is 0.286. The second-order valence-corrected chi connectivity index (χ2v) is 4.16. The number of nitrogens with zero attached hydrogens (tertiary/aromatic N) is 2. The van der Waals surface area contributed by atoms with Gasteiger partial charge in [-0.3, -0.25) is 14.9 Å². The van der Waals surface area contributed by atoms with Crippen LogP contribution in [0.4, 0.5) is 11.4 Å². The maximum atomic E-state index is 12.2. The molecule has 0 aromatic heterocycles. The van der Waals surface area contributed by atoms with Crippen molar-refractivity contribution in [3.05, 3.63) is 41.0 Å². The lowest BCUT2D eigenvalue weighted by atomic mass is 10.1. The third-order valence-electron chi connectivity index (χ3n) is 2.94. The first kappa shape index (κ1) is 13.1. The number of ether oxygens (including phenoxy) is 1. The van der Waals surface area contributed by atoms with Crippen LogP contribution >= 0.6 is 0 Å². The van der Waals surface area contributed by atoms with Crippen LogP contribution in [0, 0.1) is 10.1 Å². The molecule has 1 atom stereocenters. The van der Waals surface area contributed by atoms with E-state index in [2.05, 4.69) is 6.58 Å². The molecule has 0 N–H and O–H groups in total. The van der Waals surface area contributed by atoms with Gasteiger partial charge in [0.25, 0.3) is 11.6 Å². The average molecular weight is 262 g/mol. The third kappa shape index (κ3) is 2.29. The number of fused-ring (bicyclic) bond motifs is 1. The Morgan fingerprint density at radius 2 is 2.32 bits per heavy atom. The maximum absolute atomic E-state index is 12.2. The number of nitro groups is 1. The van der Waals surface area contributed by atoms with Gasteiger partial charge in [0.2, 0.25) is 0 Å². The fraction of sp³-hybridized carbons (Fsp3) is 0.308. The molecule has 0 spiro atoms. The first-order chi connectivity index (χ1) is 9.08. The molecular formula is C13H14N2O4. The molecular weight excluding hydrogens is 248 g/mol. The van der Waals surface area contributed by atoms with Crippen LogP contribution < -0.4 is 9.64 Å². The number of anilines is 1. The molecule has 100 valence electrons. The van der Waals surface area contributed by atoms with Crippen LogP contribution in [0.25, 0.3) is 0 Å². The lowest BCUT2D eigenvalue weighted by molar-refractivity contribution is -0.384. The quantitative estimate of drug-likeness (QED) is 0.474. The predicted molar refractivity (Wildman–Crippen MR) is 70.4 cm³/mol. The second kappa shape index (κ2) is 5.09. The molecule has 0 fully saturated rings. The number of carbonyl (C=O) groups is 1. The highest BCUT2D eigenvalue weighted by atomic mass is 16.6. The molecule has 0 aliphatic carbocycles. The Hall–Kier alpha value is -2.37. The largest absolute Gasteiger partial charge is 0.478 e. The van der Waals surface area contributed by atoms with Gasteiger partial charge in [0, 0.05) is 18.7 Å². The van der Waals surface area contributed by atoms with Crippen molar-refractivity contribution in [2.24, 2.45) is 0 Å². The Bertz CT molecular complexity index is 541. The summed E-state index contributed by atoms with van der Waals surface area (Å²) >= 11 is 0. The molecule has 0 bridgehead atoms. The predicted octanol–water partition coefficient (Wildman–Crippen LogP) is 2.28. The zero-order valence-electron chi connectivity index (χ0n) is 10.5. The van der Waals surface area contributed by atoms with Crippen LogP contribution in [0.3, 0.4) is 0 Å². The van der Waals surface area contributed by atoms with E-state index in [1.165, 1.54) is 23.1 Å². The number of non-ortho nitro benzene ring substituents is 1. The minimum absolute atomic E-state index is 0.0702. The van der Waals surface area contributed by atoms with Gasteiger partial charge in [-0.15, -0.1) is 6.58 Å². The third-order valence-corrected chi connectivity index (χ3v) is 2.94. The summed E-state index contributed by atoms with van der Waals surface area (Å²) in [5.41, 5.74) is 0.350. The summed E-state index contributed by atoms with van der Waals surface area (Å²) in [7, 11) is 0. The highest BCUT2D eigenvalue weighted by molar-refractivity contribution is 6.00. The van der Waals surface area contributed by atoms with Gasteiger partial charge in [0.1, 0.15) is 5.75 Å². The lowest BCUT2D eigenvalue weighted by Gasteiger charge is -2.33. The number of carbonyl (C=O) groups excluding carboxylic acids is 1. The average Bonchev–Trinajstić information content (AvgIpc) is 2.41. The van der Waals surface area contributed by atoms with Gasteiger partial charge in [0.15, 0.2) is 6.10 Å². The van der Waals surface area contributed by atoms with Crippen LogP contribution in [-0.2, 0) is 4.79 Å². The Morgan fingerprint density at radius 3 is 2.89 bits per heavy atom. The van der Waals surface area contributed by atoms with E-state index in [1.807, 2.05) is 6.92 Å². The molecule has 1 unspecified atom stereocenters. The van der Waals surface area contributed by atoms with E-state index < -0.39 is 11.0 Å². The van der Waals surface area contributed by atoms with Crippen molar-refractivity contribution in [2.45, 2.75) is 19.4 Å². The van der Waals surface area contributed by atoms with Crippen molar-refractivity contribution in [1.82, 2.24) is 0 Å². The maximum Gasteiger partial charge on any atom is 0.271 e. The van der Waals surface area contributed by atoms with Gasteiger partial charge in [-0.05, 0) is 12.5 Å². The van der Waals surface area contributed by atoms with Crippen molar-refractivity contribution >= 4 is 17.3 Å². The van der Waals surface area contributed by atoms with Crippen molar-refractivity contribution in [3.8, 4) is 5.75 Å². The van der Waals surface area contributed by atoms with E-state index in [9.17, 15) is 14.9 Å². The van der Waals surface area contributed by atoms with Gasteiger partial charge in [-0.1, -0.05) is 13.0 Å². The van der Waals surface area contributed by atoms with Gasteiger partial charge < -0.3 is 9.64 Å². The summed E-state index contributed by atoms with van der Waals surface area (Å²) in [6.07, 6.45) is 1.58. The monoisotopic (exact) mass is 262 g/mol. The fourth-order valence-electron chi connectivity index (χ4n) is 2.00. The van der Waals surface area contributed by atoms with Gasteiger partial charge in [-0.2, -0.15) is 0 Å². The Kier molecular flexibility index (Phi) is 3.50. The summed E-state index contributed by atoms with van der Waals surface area (Å²) in [5, 5.41) is 10.8. The molecule has 1 aliphatic rings. The number of hydrogen-bond donors (Lipinski definition) is 0. The molecule has 1 aromatic carbocycles. The van der Waals surface area contributed by atoms with Crippen molar-refractivity contribution in [3.63, 3.8) is 0 Å². The molecule has 1 aromatic rings. The Balaban J connectivity index is 2.49. The van der Waals surface area contributed by atoms with Crippen LogP contribution in [0.5, 0.6) is 5.75 Å². The normalized spacial score (nSPS) is 17.6. The number of benzene rings is 1. The van der Waals surface area contributed by atoms with Crippen LogP contribution in [0.1, 0.15) is 13.3 Å². The molecule has 0 saturated carbocycles. The molecule has 6 heteroatoms. The molecule has 0 radical (unpaired) electrons. The minimum atomic E-state index is -0.547. The van der Waals surface area contributed by atoms with Crippen molar-refractivity contribution in [2.75, 3.05) is 11.4 Å². The molecule has 1 aliphatic heterocycles. The van der Waals surface area contributed by atoms with E-state index in [4.69, 9.17) is 4.74 Å². The van der Waals surface area contributed by atoms with E-state index in [0.29, 0.717) is 24.4 Å². The zero-order chi connectivity index (χ0) is 14.0. The van der Waals surface area contributed by atoms with E-state index >= 15 is 0 Å². The Morgan fingerprint density at radius 1 is 1.58 bits per heavy atom. The topological polar surface area (TPSA) is 72.7 Å². The first-order valence-corrected chi connectivity index (χ1v) is 5.95. The zero-order valence-corrected chi connectivity index (χ0v) is 10.5. The summed E-state index contributed by atoms with van der Waals surface area (Å²) < 4.78 is 5.56.